The van der Waals surface area contributed by atoms with E-state index in [2.05, 4.69) is 189 Å². The molecule has 1 saturated carbocycles. The van der Waals surface area contributed by atoms with Gasteiger partial charge in [-0.25, -0.2) is 4.98 Å². The molecule has 1 aliphatic heterocycles. The van der Waals surface area contributed by atoms with Gasteiger partial charge in [-0.1, -0.05) is 167 Å². The minimum atomic E-state index is -0.0650. The van der Waals surface area contributed by atoms with Gasteiger partial charge in [0, 0.05) is 27.6 Å². The predicted molar refractivity (Wildman–Crippen MR) is 218 cm³/mol. The molecule has 254 valence electrons. The second-order valence-electron chi connectivity index (χ2n) is 15.1. The topological polar surface area (TPSA) is 16.1 Å². The summed E-state index contributed by atoms with van der Waals surface area (Å²) in [4.78, 5) is 7.57. The van der Waals surface area contributed by atoms with Crippen molar-refractivity contribution in [3.8, 4) is 33.6 Å². The Labute approximate surface area is 308 Å². The van der Waals surface area contributed by atoms with Crippen LogP contribution in [0.2, 0.25) is 0 Å². The number of hydrogen-bond acceptors (Lipinski definition) is 2. The van der Waals surface area contributed by atoms with Crippen molar-refractivity contribution in [1.29, 1.82) is 0 Å². The Hall–Kier alpha value is -5.73. The van der Waals surface area contributed by atoms with E-state index in [1.807, 2.05) is 0 Å². The Balaban J connectivity index is 1.09. The maximum absolute atomic E-state index is 5.11. The lowest BCUT2D eigenvalue weighted by molar-refractivity contribution is 0.346. The molecule has 0 bridgehead atoms. The molecule has 6 aromatic carbocycles. The summed E-state index contributed by atoms with van der Waals surface area (Å²) in [5, 5.41) is 0. The first-order valence-corrected chi connectivity index (χ1v) is 18.8. The number of anilines is 3. The molecule has 7 aromatic rings. The number of para-hydroxylation sites is 2. The van der Waals surface area contributed by atoms with E-state index in [0.717, 1.165) is 22.5 Å². The first kappa shape index (κ1) is 32.2. The highest BCUT2D eigenvalue weighted by Crippen LogP contribution is 2.52. The Morgan fingerprint density at radius 2 is 0.904 bits per heavy atom. The van der Waals surface area contributed by atoms with E-state index in [1.165, 1.54) is 82.5 Å². The summed E-state index contributed by atoms with van der Waals surface area (Å²) in [5.74, 6) is 0. The van der Waals surface area contributed by atoms with Crippen LogP contribution in [-0.4, -0.2) is 4.98 Å². The van der Waals surface area contributed by atoms with Crippen LogP contribution in [0, 0.1) is 0 Å². The zero-order chi connectivity index (χ0) is 35.1. The maximum Gasteiger partial charge on any atom is 0.0715 e. The van der Waals surface area contributed by atoms with Crippen molar-refractivity contribution in [2.24, 2.45) is 0 Å². The summed E-state index contributed by atoms with van der Waals surface area (Å²) in [5.41, 5.74) is 15.9. The predicted octanol–water partition coefficient (Wildman–Crippen LogP) is 13.4. The largest absolute Gasteiger partial charge is 0.310 e. The van der Waals surface area contributed by atoms with Gasteiger partial charge < -0.3 is 4.90 Å². The van der Waals surface area contributed by atoms with Gasteiger partial charge in [0.15, 0.2) is 0 Å². The lowest BCUT2D eigenvalue weighted by Crippen LogP contribution is -2.31. The number of fused-ring (bicyclic) bond motifs is 2. The van der Waals surface area contributed by atoms with Crippen molar-refractivity contribution in [1.82, 2.24) is 4.98 Å². The zero-order valence-corrected chi connectivity index (χ0v) is 30.1. The van der Waals surface area contributed by atoms with E-state index in [1.54, 1.807) is 0 Å². The van der Waals surface area contributed by atoms with Gasteiger partial charge in [-0.15, -0.1) is 0 Å². The molecule has 2 heteroatoms. The Morgan fingerprint density at radius 3 is 1.42 bits per heavy atom. The Bertz CT molecular complexity index is 2220. The van der Waals surface area contributed by atoms with Crippen LogP contribution in [0.1, 0.15) is 68.2 Å². The summed E-state index contributed by atoms with van der Waals surface area (Å²) >= 11 is 0. The van der Waals surface area contributed by atoms with E-state index < -0.39 is 0 Å². The molecule has 2 aliphatic rings. The molecule has 0 spiro atoms. The zero-order valence-electron chi connectivity index (χ0n) is 30.1. The number of benzene rings is 6. The van der Waals surface area contributed by atoms with Gasteiger partial charge in [0.1, 0.15) is 0 Å². The number of hydrogen-bond donors (Lipinski definition) is 0. The summed E-state index contributed by atoms with van der Waals surface area (Å²) in [6, 6.07) is 62.4. The molecule has 0 unspecified atom stereocenters. The molecule has 0 N–H and O–H groups in total. The number of aromatic nitrogens is 1. The van der Waals surface area contributed by atoms with E-state index in [0.29, 0.717) is 0 Å². The third-order valence-electron chi connectivity index (χ3n) is 11.8. The first-order chi connectivity index (χ1) is 25.5. The third-order valence-corrected chi connectivity index (χ3v) is 11.8. The van der Waals surface area contributed by atoms with Crippen molar-refractivity contribution >= 4 is 17.1 Å². The van der Waals surface area contributed by atoms with Crippen LogP contribution in [0.4, 0.5) is 17.1 Å². The van der Waals surface area contributed by atoms with Crippen LogP contribution < -0.4 is 4.90 Å². The van der Waals surface area contributed by atoms with Gasteiger partial charge in [0.25, 0.3) is 0 Å². The lowest BCUT2D eigenvalue weighted by atomic mass is 9.65. The average molecular weight is 673 g/mol. The second-order valence-corrected chi connectivity index (χ2v) is 15.1. The fraction of sp³-hybridized carbons (Fsp3) is 0.180. The van der Waals surface area contributed by atoms with Gasteiger partial charge in [0.05, 0.1) is 22.8 Å². The SMILES string of the molecule is CC1(C)c2ccccc2N(c2ccc(C3(c4ccc(-c5cc(-c6ccccc6)nc(-c6ccccc6)c5)cc4)CCCCC3)cc2)c2ccccc21. The van der Waals surface area contributed by atoms with Crippen molar-refractivity contribution in [3.05, 3.63) is 192 Å². The van der Waals surface area contributed by atoms with Gasteiger partial charge in [0.2, 0.25) is 0 Å². The lowest BCUT2D eigenvalue weighted by Gasteiger charge is -2.42. The molecule has 2 heterocycles. The molecular formula is C50H44N2. The monoisotopic (exact) mass is 672 g/mol. The van der Waals surface area contributed by atoms with Gasteiger partial charge in [-0.2, -0.15) is 0 Å². The van der Waals surface area contributed by atoms with Crippen molar-refractivity contribution < 1.29 is 0 Å². The molecular weight excluding hydrogens is 629 g/mol. The highest BCUT2D eigenvalue weighted by atomic mass is 15.2. The average Bonchev–Trinajstić information content (AvgIpc) is 3.22. The molecule has 0 atom stereocenters. The normalized spacial score (nSPS) is 15.8. The number of nitrogens with zero attached hydrogens (tertiary/aromatic N) is 2. The van der Waals surface area contributed by atoms with Crippen molar-refractivity contribution in [2.45, 2.75) is 56.8 Å². The van der Waals surface area contributed by atoms with Crippen LogP contribution in [0.5, 0.6) is 0 Å². The van der Waals surface area contributed by atoms with Crippen molar-refractivity contribution in [2.75, 3.05) is 4.90 Å². The summed E-state index contributed by atoms with van der Waals surface area (Å²) in [7, 11) is 0. The van der Waals surface area contributed by atoms with Gasteiger partial charge in [-0.05, 0) is 82.6 Å². The van der Waals surface area contributed by atoms with Gasteiger partial charge >= 0.3 is 0 Å². The van der Waals surface area contributed by atoms with Gasteiger partial charge in [-0.3, -0.25) is 0 Å². The number of pyridine rings is 1. The van der Waals surface area contributed by atoms with E-state index >= 15 is 0 Å². The standard InChI is InChI=1S/C50H44N2/c1-49(2)43-20-10-12-22-47(43)52(48-23-13-11-21-44(48)49)42-30-28-41(29-31-42)50(32-14-5-15-33-50)40-26-24-36(25-27-40)39-34-45(37-16-6-3-7-17-37)51-46(35-39)38-18-8-4-9-19-38/h3-4,6-13,16-31,34-35H,5,14-15,32-33H2,1-2H3. The fourth-order valence-corrected chi connectivity index (χ4v) is 8.97. The molecule has 52 heavy (non-hydrogen) atoms. The molecule has 2 nitrogen and oxygen atoms in total. The Morgan fingerprint density at radius 1 is 0.442 bits per heavy atom. The van der Waals surface area contributed by atoms with Crippen molar-refractivity contribution in [3.63, 3.8) is 0 Å². The summed E-state index contributed by atoms with van der Waals surface area (Å²) in [6.45, 7) is 4.70. The van der Waals surface area contributed by atoms with E-state index in [4.69, 9.17) is 4.98 Å². The molecule has 1 aliphatic carbocycles. The Kier molecular flexibility index (Phi) is 8.12. The second kappa shape index (κ2) is 13.1. The summed E-state index contributed by atoms with van der Waals surface area (Å²) < 4.78 is 0. The third kappa shape index (κ3) is 5.54. The van der Waals surface area contributed by atoms with Crippen LogP contribution in [0.3, 0.4) is 0 Å². The molecule has 0 amide bonds. The molecule has 0 saturated heterocycles. The molecule has 1 fully saturated rings. The van der Waals surface area contributed by atoms with E-state index in [-0.39, 0.29) is 10.8 Å². The van der Waals surface area contributed by atoms with Crippen LogP contribution in [0.15, 0.2) is 170 Å². The molecule has 1 aromatic heterocycles. The molecule has 9 rings (SSSR count). The number of rotatable bonds is 6. The smallest absolute Gasteiger partial charge is 0.0715 e. The fourth-order valence-electron chi connectivity index (χ4n) is 8.97. The summed E-state index contributed by atoms with van der Waals surface area (Å²) in [6.07, 6.45) is 6.13. The van der Waals surface area contributed by atoms with Crippen LogP contribution in [-0.2, 0) is 10.8 Å². The first-order valence-electron chi connectivity index (χ1n) is 18.8. The highest BCUT2D eigenvalue weighted by Gasteiger charge is 2.38. The molecule has 0 radical (unpaired) electrons. The van der Waals surface area contributed by atoms with Crippen LogP contribution in [0.25, 0.3) is 33.6 Å². The maximum atomic E-state index is 5.11. The highest BCUT2D eigenvalue weighted by molar-refractivity contribution is 5.86. The minimum absolute atomic E-state index is 0.00233. The van der Waals surface area contributed by atoms with Crippen LogP contribution >= 0.6 is 0 Å². The minimum Gasteiger partial charge on any atom is -0.310 e. The quantitative estimate of drug-likeness (QED) is 0.175. The van der Waals surface area contributed by atoms with E-state index in [9.17, 15) is 0 Å².